The summed E-state index contributed by atoms with van der Waals surface area (Å²) in [6.45, 7) is 12.5. The zero-order valence-electron chi connectivity index (χ0n) is 13.9. The molecule has 1 aliphatic rings. The molecule has 1 nitrogen and oxygen atoms in total. The van der Waals surface area contributed by atoms with Crippen molar-refractivity contribution < 1.29 is 0 Å². The summed E-state index contributed by atoms with van der Waals surface area (Å²) in [6.07, 6.45) is 5.56. The Balaban J connectivity index is 2.29. The Morgan fingerprint density at radius 1 is 1.05 bits per heavy atom. The van der Waals surface area contributed by atoms with Crippen LogP contribution in [0.25, 0.3) is 0 Å². The largest absolute Gasteiger partial charge is 0.310 e. The van der Waals surface area contributed by atoms with Crippen molar-refractivity contribution in [3.8, 4) is 0 Å². The van der Waals surface area contributed by atoms with Gasteiger partial charge in [0.2, 0.25) is 0 Å². The molecule has 0 saturated heterocycles. The predicted octanol–water partition coefficient (Wildman–Crippen LogP) is 5.09. The van der Waals surface area contributed by atoms with Crippen LogP contribution in [0, 0.1) is 32.6 Å². The van der Waals surface area contributed by atoms with Crippen LogP contribution in [0.2, 0.25) is 0 Å². The smallest absolute Gasteiger partial charge is 0.0353 e. The lowest BCUT2D eigenvalue weighted by atomic mass is 9.75. The second kappa shape index (κ2) is 6.76. The van der Waals surface area contributed by atoms with Crippen molar-refractivity contribution in [2.75, 3.05) is 6.54 Å². The van der Waals surface area contributed by atoms with Gasteiger partial charge in [-0.3, -0.25) is 0 Å². The van der Waals surface area contributed by atoms with Gasteiger partial charge in [0, 0.05) is 6.04 Å². The Morgan fingerprint density at radius 2 is 1.60 bits per heavy atom. The topological polar surface area (TPSA) is 12.0 Å². The molecule has 0 aliphatic heterocycles. The minimum Gasteiger partial charge on any atom is -0.310 e. The van der Waals surface area contributed by atoms with Gasteiger partial charge in [0.1, 0.15) is 0 Å². The highest BCUT2D eigenvalue weighted by molar-refractivity contribution is 5.40. The molecule has 1 fully saturated rings. The Kier molecular flexibility index (Phi) is 5.26. The van der Waals surface area contributed by atoms with Crippen molar-refractivity contribution in [3.63, 3.8) is 0 Å². The Hall–Kier alpha value is -0.820. The quantitative estimate of drug-likeness (QED) is 0.806. The Labute approximate surface area is 125 Å². The van der Waals surface area contributed by atoms with Gasteiger partial charge in [-0.05, 0) is 68.7 Å². The van der Waals surface area contributed by atoms with E-state index >= 15 is 0 Å². The molecule has 1 N–H and O–H groups in total. The summed E-state index contributed by atoms with van der Waals surface area (Å²) in [5.74, 6) is 1.74. The lowest BCUT2D eigenvalue weighted by Crippen LogP contribution is -2.31. The van der Waals surface area contributed by atoms with Crippen LogP contribution in [0.4, 0.5) is 0 Å². The number of hydrogen-bond acceptors (Lipinski definition) is 1. The monoisotopic (exact) mass is 273 g/mol. The highest BCUT2D eigenvalue weighted by Crippen LogP contribution is 2.38. The van der Waals surface area contributed by atoms with Crippen LogP contribution in [0.15, 0.2) is 12.1 Å². The average molecular weight is 273 g/mol. The number of benzene rings is 1. The normalized spacial score (nSPS) is 24.6. The molecule has 0 heterocycles. The summed E-state index contributed by atoms with van der Waals surface area (Å²) >= 11 is 0. The van der Waals surface area contributed by atoms with Crippen LogP contribution >= 0.6 is 0 Å². The van der Waals surface area contributed by atoms with Crippen LogP contribution in [0.3, 0.4) is 0 Å². The molecular weight excluding hydrogens is 242 g/mol. The van der Waals surface area contributed by atoms with E-state index < -0.39 is 0 Å². The fraction of sp³-hybridized carbons (Fsp3) is 0.684. The molecule has 1 atom stereocenters. The van der Waals surface area contributed by atoms with Gasteiger partial charge in [-0.15, -0.1) is 0 Å². The summed E-state index contributed by atoms with van der Waals surface area (Å²) in [5.41, 5.74) is 5.88. The van der Waals surface area contributed by atoms with E-state index in [2.05, 4.69) is 52.1 Å². The Bertz CT molecular complexity index is 418. The number of hydrogen-bond donors (Lipinski definition) is 1. The third-order valence-corrected chi connectivity index (χ3v) is 5.00. The van der Waals surface area contributed by atoms with E-state index in [9.17, 15) is 0 Å². The molecule has 0 aromatic heterocycles. The van der Waals surface area contributed by atoms with Gasteiger partial charge in [-0.2, -0.15) is 0 Å². The summed E-state index contributed by atoms with van der Waals surface area (Å²) in [4.78, 5) is 0. The lowest BCUT2D eigenvalue weighted by Gasteiger charge is -2.35. The lowest BCUT2D eigenvalue weighted by molar-refractivity contribution is 0.232. The number of rotatable bonds is 4. The van der Waals surface area contributed by atoms with Crippen molar-refractivity contribution in [2.24, 2.45) is 11.8 Å². The summed E-state index contributed by atoms with van der Waals surface area (Å²) in [6, 6.07) is 5.24. The first kappa shape index (κ1) is 15.6. The molecule has 1 heteroatoms. The Morgan fingerprint density at radius 3 is 2.10 bits per heavy atom. The first-order valence-corrected chi connectivity index (χ1v) is 8.34. The molecule has 0 bridgehead atoms. The van der Waals surface area contributed by atoms with Crippen LogP contribution in [-0.2, 0) is 0 Å². The predicted molar refractivity (Wildman–Crippen MR) is 88.2 cm³/mol. The fourth-order valence-corrected chi connectivity index (χ4v) is 4.03. The molecule has 0 amide bonds. The van der Waals surface area contributed by atoms with Gasteiger partial charge in [-0.1, -0.05) is 44.4 Å². The van der Waals surface area contributed by atoms with Crippen molar-refractivity contribution in [3.05, 3.63) is 34.4 Å². The van der Waals surface area contributed by atoms with Crippen LogP contribution in [0.1, 0.15) is 67.8 Å². The molecule has 1 saturated carbocycles. The van der Waals surface area contributed by atoms with E-state index in [1.165, 1.54) is 42.4 Å². The van der Waals surface area contributed by atoms with Gasteiger partial charge < -0.3 is 5.32 Å². The van der Waals surface area contributed by atoms with Gasteiger partial charge in [-0.25, -0.2) is 0 Å². The second-order valence-electron chi connectivity index (χ2n) is 6.87. The molecule has 0 spiro atoms. The number of nitrogens with one attached hydrogen (secondary N) is 1. The van der Waals surface area contributed by atoms with Crippen LogP contribution < -0.4 is 5.32 Å². The summed E-state index contributed by atoms with van der Waals surface area (Å²) in [5, 5.41) is 3.78. The van der Waals surface area contributed by atoms with E-state index in [1.54, 1.807) is 5.56 Å². The average Bonchev–Trinajstić information content (AvgIpc) is 2.37. The van der Waals surface area contributed by atoms with Gasteiger partial charge >= 0.3 is 0 Å². The summed E-state index contributed by atoms with van der Waals surface area (Å²) < 4.78 is 0. The SMILES string of the molecule is CCNC(c1c(C)cc(C)cc1C)C1CCC(C)CC1. The second-order valence-corrected chi connectivity index (χ2v) is 6.87. The summed E-state index contributed by atoms with van der Waals surface area (Å²) in [7, 11) is 0. The third-order valence-electron chi connectivity index (χ3n) is 5.00. The van der Waals surface area contributed by atoms with E-state index in [0.717, 1.165) is 18.4 Å². The van der Waals surface area contributed by atoms with Crippen LogP contribution in [0.5, 0.6) is 0 Å². The van der Waals surface area contributed by atoms with Crippen molar-refractivity contribution in [2.45, 2.75) is 66.3 Å². The molecule has 1 aromatic carbocycles. The maximum absolute atomic E-state index is 3.78. The minimum atomic E-state index is 0.549. The van der Waals surface area contributed by atoms with Gasteiger partial charge in [0.25, 0.3) is 0 Å². The molecular formula is C19H31N. The molecule has 2 rings (SSSR count). The first-order valence-electron chi connectivity index (χ1n) is 8.34. The van der Waals surface area contributed by atoms with Gasteiger partial charge in [0.05, 0.1) is 0 Å². The van der Waals surface area contributed by atoms with E-state index in [1.807, 2.05) is 0 Å². The van der Waals surface area contributed by atoms with Crippen molar-refractivity contribution in [1.29, 1.82) is 0 Å². The maximum atomic E-state index is 3.78. The molecule has 1 aromatic rings. The van der Waals surface area contributed by atoms with Crippen LogP contribution in [-0.4, -0.2) is 6.54 Å². The standard InChI is InChI=1S/C19H31N/c1-6-20-19(17-9-7-13(2)8-10-17)18-15(4)11-14(3)12-16(18)5/h11-13,17,19-20H,6-10H2,1-5H3. The van der Waals surface area contributed by atoms with Crippen molar-refractivity contribution in [1.82, 2.24) is 5.32 Å². The highest BCUT2D eigenvalue weighted by atomic mass is 14.9. The van der Waals surface area contributed by atoms with E-state index in [-0.39, 0.29) is 0 Å². The number of aryl methyl sites for hydroxylation is 3. The fourth-order valence-electron chi connectivity index (χ4n) is 4.03. The zero-order valence-corrected chi connectivity index (χ0v) is 13.9. The maximum Gasteiger partial charge on any atom is 0.0353 e. The zero-order chi connectivity index (χ0) is 14.7. The third kappa shape index (κ3) is 3.44. The van der Waals surface area contributed by atoms with E-state index in [4.69, 9.17) is 0 Å². The molecule has 20 heavy (non-hydrogen) atoms. The van der Waals surface area contributed by atoms with E-state index in [0.29, 0.717) is 6.04 Å². The molecule has 0 radical (unpaired) electrons. The molecule has 1 aliphatic carbocycles. The van der Waals surface area contributed by atoms with Crippen molar-refractivity contribution >= 4 is 0 Å². The molecule has 1 unspecified atom stereocenters. The minimum absolute atomic E-state index is 0.549. The van der Waals surface area contributed by atoms with Gasteiger partial charge in [0.15, 0.2) is 0 Å². The first-order chi connectivity index (χ1) is 9.52. The highest BCUT2D eigenvalue weighted by Gasteiger charge is 2.28. The molecule has 112 valence electrons.